The first-order valence-electron chi connectivity index (χ1n) is 21.9. The quantitative estimate of drug-likeness (QED) is 0.173. The van der Waals surface area contributed by atoms with Crippen LogP contribution in [0.2, 0.25) is 0 Å². The average Bonchev–Trinajstić information content (AvgIpc) is 4.02. The van der Waals surface area contributed by atoms with Crippen molar-refractivity contribution >= 4 is 87.1 Å². The largest absolute Gasteiger partial charge is 0.455 e. The minimum atomic E-state index is 0.531. The van der Waals surface area contributed by atoms with E-state index in [0.29, 0.717) is 17.5 Å². The molecule has 0 atom stereocenters. The van der Waals surface area contributed by atoms with Crippen LogP contribution in [0.15, 0.2) is 217 Å². The zero-order valence-electron chi connectivity index (χ0n) is 34.9. The molecule has 6 nitrogen and oxygen atoms in total. The van der Waals surface area contributed by atoms with Gasteiger partial charge in [-0.05, 0) is 100 Å². The fraction of sp³-hybridized carbons (Fsp3) is 0. The summed E-state index contributed by atoms with van der Waals surface area (Å²) in [7, 11) is 0. The first-order valence-corrected chi connectivity index (χ1v) is 21.9. The Morgan fingerprint density at radius 2 is 0.831 bits per heavy atom. The van der Waals surface area contributed by atoms with E-state index in [1.54, 1.807) is 0 Å². The first kappa shape index (κ1) is 35.7. The molecule has 6 heteroatoms. The number of rotatable bonds is 5. The Balaban J connectivity index is 1.06. The summed E-state index contributed by atoms with van der Waals surface area (Å²) in [4.78, 5) is 15.9. The molecule has 0 N–H and O–H groups in total. The molecule has 65 heavy (non-hydrogen) atoms. The van der Waals surface area contributed by atoms with Gasteiger partial charge in [0.05, 0.1) is 27.6 Å². The number of aromatic nitrogens is 5. The van der Waals surface area contributed by atoms with Crippen LogP contribution in [0.1, 0.15) is 0 Å². The van der Waals surface area contributed by atoms with Gasteiger partial charge in [0.25, 0.3) is 0 Å². The molecule has 0 aliphatic rings. The van der Waals surface area contributed by atoms with E-state index < -0.39 is 0 Å². The highest BCUT2D eigenvalue weighted by Gasteiger charge is 2.23. The maximum Gasteiger partial charge on any atom is 0.167 e. The molecular weight excluding hydrogens is 795 g/mol. The van der Waals surface area contributed by atoms with Crippen LogP contribution in [0.3, 0.4) is 0 Å². The molecule has 14 rings (SSSR count). The first-order chi connectivity index (χ1) is 32.2. The van der Waals surface area contributed by atoms with Crippen LogP contribution >= 0.6 is 0 Å². The molecule has 4 heterocycles. The summed E-state index contributed by atoms with van der Waals surface area (Å²) in [5.74, 6) is 1.70. The lowest BCUT2D eigenvalue weighted by atomic mass is 10.0. The van der Waals surface area contributed by atoms with Gasteiger partial charge in [-0.25, -0.2) is 15.0 Å². The van der Waals surface area contributed by atoms with Crippen LogP contribution in [0.25, 0.3) is 133 Å². The summed E-state index contributed by atoms with van der Waals surface area (Å²) in [6.45, 7) is 0. The molecule has 10 aromatic carbocycles. The maximum absolute atomic E-state index is 6.83. The Morgan fingerprint density at radius 1 is 0.308 bits per heavy atom. The van der Waals surface area contributed by atoms with Crippen LogP contribution in [0.4, 0.5) is 0 Å². The summed E-state index contributed by atoms with van der Waals surface area (Å²) in [6.07, 6.45) is 0. The number of hydrogen-bond acceptors (Lipinski definition) is 4. The number of para-hydroxylation sites is 3. The third-order valence-corrected chi connectivity index (χ3v) is 13.1. The third kappa shape index (κ3) is 5.51. The summed E-state index contributed by atoms with van der Waals surface area (Å²) in [5.41, 5.74) is 10.7. The van der Waals surface area contributed by atoms with Crippen molar-refractivity contribution in [3.05, 3.63) is 212 Å². The van der Waals surface area contributed by atoms with Crippen molar-refractivity contribution < 1.29 is 4.42 Å². The molecule has 0 unspecified atom stereocenters. The van der Waals surface area contributed by atoms with Crippen molar-refractivity contribution in [2.24, 2.45) is 0 Å². The second kappa shape index (κ2) is 13.8. The van der Waals surface area contributed by atoms with Crippen LogP contribution in [-0.4, -0.2) is 24.1 Å². The molecule has 0 radical (unpaired) electrons. The Hall–Kier alpha value is -8.87. The summed E-state index contributed by atoms with van der Waals surface area (Å²) < 4.78 is 11.6. The SMILES string of the molecule is c1ccc(-c2nc(-c3ccc4c(c3)c3ccccc3n4-c3ccccc3)nc(-c3cc(-n4c5cc6ccccc6cc5c5cc6ccccc6cc54)cc4c3oc3ccccc34)n2)cc1. The summed E-state index contributed by atoms with van der Waals surface area (Å²) in [6, 6.07) is 75.1. The zero-order valence-corrected chi connectivity index (χ0v) is 34.9. The number of furan rings is 1. The minimum absolute atomic E-state index is 0.531. The molecule has 0 bridgehead atoms. The van der Waals surface area contributed by atoms with Gasteiger partial charge in [-0.1, -0.05) is 133 Å². The molecule has 0 aliphatic carbocycles. The number of hydrogen-bond donors (Lipinski definition) is 0. The fourth-order valence-electron chi connectivity index (χ4n) is 10.1. The van der Waals surface area contributed by atoms with E-state index in [4.69, 9.17) is 19.4 Å². The topological polar surface area (TPSA) is 61.7 Å². The maximum atomic E-state index is 6.83. The molecule has 4 aromatic heterocycles. The molecule has 0 amide bonds. The average molecular weight is 830 g/mol. The van der Waals surface area contributed by atoms with E-state index in [9.17, 15) is 0 Å². The highest BCUT2D eigenvalue weighted by molar-refractivity contribution is 6.18. The van der Waals surface area contributed by atoms with Gasteiger partial charge in [0.2, 0.25) is 0 Å². The Labute approximate surface area is 371 Å². The van der Waals surface area contributed by atoms with Gasteiger partial charge in [0.1, 0.15) is 11.2 Å². The van der Waals surface area contributed by atoms with Gasteiger partial charge in [0, 0.05) is 54.8 Å². The predicted octanol–water partition coefficient (Wildman–Crippen LogP) is 15.3. The molecule has 0 fully saturated rings. The molecule has 0 spiro atoms. The number of nitrogens with zero attached hydrogens (tertiary/aromatic N) is 5. The number of benzene rings is 10. The molecule has 14 aromatic rings. The molecule has 0 saturated heterocycles. The third-order valence-electron chi connectivity index (χ3n) is 13.1. The van der Waals surface area contributed by atoms with Gasteiger partial charge in [-0.2, -0.15) is 0 Å². The normalized spacial score (nSPS) is 12.0. The predicted molar refractivity (Wildman–Crippen MR) is 267 cm³/mol. The molecular formula is C59H35N5O. The van der Waals surface area contributed by atoms with E-state index in [1.165, 1.54) is 32.3 Å². The lowest BCUT2D eigenvalue weighted by Crippen LogP contribution is -2.02. The smallest absolute Gasteiger partial charge is 0.167 e. The highest BCUT2D eigenvalue weighted by Crippen LogP contribution is 2.43. The van der Waals surface area contributed by atoms with Crippen molar-refractivity contribution in [2.45, 2.75) is 0 Å². The second-order valence-electron chi connectivity index (χ2n) is 16.8. The zero-order chi connectivity index (χ0) is 42.6. The molecule has 302 valence electrons. The van der Waals surface area contributed by atoms with Gasteiger partial charge < -0.3 is 13.6 Å². The van der Waals surface area contributed by atoms with Crippen molar-refractivity contribution in [2.75, 3.05) is 0 Å². The van der Waals surface area contributed by atoms with E-state index in [0.717, 1.165) is 82.8 Å². The van der Waals surface area contributed by atoms with Gasteiger partial charge >= 0.3 is 0 Å². The van der Waals surface area contributed by atoms with Crippen LogP contribution in [0, 0.1) is 0 Å². The number of fused-ring (bicyclic) bond motifs is 11. The van der Waals surface area contributed by atoms with Crippen molar-refractivity contribution in [1.29, 1.82) is 0 Å². The fourth-order valence-corrected chi connectivity index (χ4v) is 10.1. The van der Waals surface area contributed by atoms with Crippen molar-refractivity contribution in [1.82, 2.24) is 24.1 Å². The van der Waals surface area contributed by atoms with Crippen LogP contribution in [-0.2, 0) is 0 Å². The van der Waals surface area contributed by atoms with E-state index in [1.807, 2.05) is 30.3 Å². The minimum Gasteiger partial charge on any atom is -0.455 e. The Kier molecular flexibility index (Phi) is 7.59. The second-order valence-corrected chi connectivity index (χ2v) is 16.8. The standard InChI is InChI=1S/C59H35N5O/c1-3-15-36(16-4-1)57-60-58(41-27-28-52-46(31-41)44-23-11-13-25-51(44)63(52)42-21-5-2-6-22-42)62-59(61-57)50-35-43(34-49-45-24-12-14-26-55(45)65-56(49)50)64-53-32-39-19-9-7-17-37(39)29-47(53)48-30-38-18-8-10-20-40(38)33-54(48)64/h1-35H. The lowest BCUT2D eigenvalue weighted by Gasteiger charge is -2.13. The molecule has 0 saturated carbocycles. The van der Waals surface area contributed by atoms with Crippen molar-refractivity contribution in [3.63, 3.8) is 0 Å². The van der Waals surface area contributed by atoms with Gasteiger partial charge in [-0.3, -0.25) is 0 Å². The lowest BCUT2D eigenvalue weighted by molar-refractivity contribution is 0.669. The monoisotopic (exact) mass is 829 g/mol. The van der Waals surface area contributed by atoms with E-state index in [2.05, 4.69) is 191 Å². The van der Waals surface area contributed by atoms with E-state index >= 15 is 0 Å². The van der Waals surface area contributed by atoms with Gasteiger partial charge in [-0.15, -0.1) is 0 Å². The van der Waals surface area contributed by atoms with Crippen molar-refractivity contribution in [3.8, 4) is 45.5 Å². The summed E-state index contributed by atoms with van der Waals surface area (Å²) in [5, 5.41) is 11.5. The Bertz CT molecular complexity index is 4150. The van der Waals surface area contributed by atoms with E-state index in [-0.39, 0.29) is 0 Å². The van der Waals surface area contributed by atoms with Crippen LogP contribution in [0.5, 0.6) is 0 Å². The van der Waals surface area contributed by atoms with Gasteiger partial charge in [0.15, 0.2) is 17.5 Å². The highest BCUT2D eigenvalue weighted by atomic mass is 16.3. The Morgan fingerprint density at radius 3 is 1.54 bits per heavy atom. The molecule has 0 aliphatic heterocycles. The van der Waals surface area contributed by atoms with Crippen LogP contribution < -0.4 is 0 Å². The summed E-state index contributed by atoms with van der Waals surface area (Å²) >= 11 is 0.